The van der Waals surface area contributed by atoms with E-state index in [4.69, 9.17) is 5.73 Å². The van der Waals surface area contributed by atoms with E-state index >= 15 is 0 Å². The van der Waals surface area contributed by atoms with Gasteiger partial charge in [-0.25, -0.2) is 0 Å². The first-order valence-corrected chi connectivity index (χ1v) is 6.85. The minimum atomic E-state index is 0.135. The predicted molar refractivity (Wildman–Crippen MR) is 75.9 cm³/mol. The summed E-state index contributed by atoms with van der Waals surface area (Å²) in [6.45, 7) is 5.26. The molecule has 3 heteroatoms. The van der Waals surface area contributed by atoms with Gasteiger partial charge in [0.1, 0.15) is 0 Å². The molecule has 1 aliphatic heterocycles. The van der Waals surface area contributed by atoms with Crippen molar-refractivity contribution in [2.45, 2.75) is 38.6 Å². The fourth-order valence-electron chi connectivity index (χ4n) is 3.26. The Morgan fingerprint density at radius 2 is 2.11 bits per heavy atom. The highest BCUT2D eigenvalue weighted by atomic mass is 15.4. The molecule has 18 heavy (non-hydrogen) atoms. The lowest BCUT2D eigenvalue weighted by Crippen LogP contribution is -2.53. The molecule has 1 saturated carbocycles. The molecule has 1 aromatic carbocycles. The maximum Gasteiger partial charge on any atom is 0.196 e. The molecule has 0 saturated heterocycles. The molecule has 96 valence electrons. The van der Waals surface area contributed by atoms with Crippen LogP contribution in [0, 0.1) is 12.8 Å². The monoisotopic (exact) mass is 243 g/mol. The maximum atomic E-state index is 6.17. The van der Waals surface area contributed by atoms with Crippen LogP contribution in [0.15, 0.2) is 29.3 Å². The number of benzene rings is 1. The Kier molecular flexibility index (Phi) is 2.58. The molecule has 1 atom stereocenters. The number of nitrogens with two attached hydrogens (primary N) is 1. The Hall–Kier alpha value is -1.51. The highest BCUT2D eigenvalue weighted by molar-refractivity contribution is 5.99. The van der Waals surface area contributed by atoms with Gasteiger partial charge in [0.05, 0.1) is 12.1 Å². The fourth-order valence-corrected chi connectivity index (χ4v) is 3.26. The van der Waals surface area contributed by atoms with Gasteiger partial charge >= 0.3 is 0 Å². The second kappa shape index (κ2) is 4.01. The van der Waals surface area contributed by atoms with Gasteiger partial charge in [-0.2, -0.15) is 0 Å². The minimum absolute atomic E-state index is 0.135. The Morgan fingerprint density at radius 1 is 1.39 bits per heavy atom. The molecule has 2 aliphatic rings. The SMILES string of the molecule is CCC1(C2CC2)CN=C(N)N1c1ccccc1C. The molecule has 3 rings (SSSR count). The van der Waals surface area contributed by atoms with E-state index in [1.54, 1.807) is 0 Å². The quantitative estimate of drug-likeness (QED) is 0.886. The van der Waals surface area contributed by atoms with Gasteiger partial charge in [-0.05, 0) is 43.7 Å². The van der Waals surface area contributed by atoms with E-state index in [9.17, 15) is 0 Å². The minimum Gasteiger partial charge on any atom is -0.369 e. The zero-order valence-corrected chi connectivity index (χ0v) is 11.2. The van der Waals surface area contributed by atoms with E-state index < -0.39 is 0 Å². The number of hydrogen-bond donors (Lipinski definition) is 1. The number of para-hydroxylation sites is 1. The van der Waals surface area contributed by atoms with Gasteiger partial charge in [0.2, 0.25) is 0 Å². The summed E-state index contributed by atoms with van der Waals surface area (Å²) in [5, 5.41) is 0. The molecule has 0 aromatic heterocycles. The van der Waals surface area contributed by atoms with Gasteiger partial charge in [0.25, 0.3) is 0 Å². The van der Waals surface area contributed by atoms with Crippen molar-refractivity contribution in [3.05, 3.63) is 29.8 Å². The largest absolute Gasteiger partial charge is 0.369 e. The molecule has 0 spiro atoms. The summed E-state index contributed by atoms with van der Waals surface area (Å²) < 4.78 is 0. The molecular weight excluding hydrogens is 222 g/mol. The first-order chi connectivity index (χ1) is 8.69. The van der Waals surface area contributed by atoms with Gasteiger partial charge in [-0.15, -0.1) is 0 Å². The molecule has 3 nitrogen and oxygen atoms in total. The van der Waals surface area contributed by atoms with Crippen molar-refractivity contribution >= 4 is 11.6 Å². The fraction of sp³-hybridized carbons (Fsp3) is 0.533. The molecule has 1 aliphatic carbocycles. The lowest BCUT2D eigenvalue weighted by Gasteiger charge is -2.39. The number of aryl methyl sites for hydroxylation is 1. The third kappa shape index (κ3) is 1.53. The number of anilines is 1. The molecular formula is C15H21N3. The van der Waals surface area contributed by atoms with Gasteiger partial charge < -0.3 is 10.6 Å². The highest BCUT2D eigenvalue weighted by Gasteiger charge is 2.52. The Labute approximate surface area is 109 Å². The van der Waals surface area contributed by atoms with Crippen LogP contribution < -0.4 is 10.6 Å². The standard InChI is InChI=1S/C15H21N3/c1-3-15(12-8-9-12)10-17-14(16)18(15)13-7-5-4-6-11(13)2/h4-7,12H,3,8-10H2,1-2H3,(H2,16,17). The molecule has 0 bridgehead atoms. The summed E-state index contributed by atoms with van der Waals surface area (Å²) in [6, 6.07) is 8.47. The smallest absolute Gasteiger partial charge is 0.196 e. The van der Waals surface area contributed by atoms with Crippen LogP contribution in [0.5, 0.6) is 0 Å². The number of nitrogens with zero attached hydrogens (tertiary/aromatic N) is 2. The number of aliphatic imine (C=N–C) groups is 1. The zero-order valence-electron chi connectivity index (χ0n) is 11.2. The lowest BCUT2D eigenvalue weighted by molar-refractivity contribution is 0.385. The Bertz CT molecular complexity index is 490. The first-order valence-electron chi connectivity index (χ1n) is 6.85. The molecule has 0 radical (unpaired) electrons. The first kappa shape index (κ1) is 11.6. The summed E-state index contributed by atoms with van der Waals surface area (Å²) in [5.41, 5.74) is 8.81. The molecule has 1 unspecified atom stereocenters. The van der Waals surface area contributed by atoms with Crippen molar-refractivity contribution in [3.8, 4) is 0 Å². The zero-order chi connectivity index (χ0) is 12.8. The summed E-state index contributed by atoms with van der Waals surface area (Å²) in [6.07, 6.45) is 3.74. The van der Waals surface area contributed by atoms with Crippen molar-refractivity contribution in [2.24, 2.45) is 16.6 Å². The van der Waals surface area contributed by atoms with E-state index in [2.05, 4.69) is 48.0 Å². The van der Waals surface area contributed by atoms with Crippen LogP contribution in [0.2, 0.25) is 0 Å². The maximum absolute atomic E-state index is 6.17. The predicted octanol–water partition coefficient (Wildman–Crippen LogP) is 2.69. The van der Waals surface area contributed by atoms with Crippen molar-refractivity contribution in [3.63, 3.8) is 0 Å². The second-order valence-corrected chi connectivity index (χ2v) is 5.53. The van der Waals surface area contributed by atoms with Gasteiger partial charge in [0, 0.05) is 5.69 Å². The molecule has 1 fully saturated rings. The summed E-state index contributed by atoms with van der Waals surface area (Å²) in [4.78, 5) is 6.85. The van der Waals surface area contributed by atoms with Crippen molar-refractivity contribution in [1.82, 2.24) is 0 Å². The summed E-state index contributed by atoms with van der Waals surface area (Å²) in [7, 11) is 0. The lowest BCUT2D eigenvalue weighted by atomic mass is 9.88. The van der Waals surface area contributed by atoms with Crippen LogP contribution in [0.4, 0.5) is 5.69 Å². The van der Waals surface area contributed by atoms with Crippen LogP contribution in [0.1, 0.15) is 31.7 Å². The van der Waals surface area contributed by atoms with Gasteiger partial charge in [-0.3, -0.25) is 4.99 Å². The molecule has 0 amide bonds. The molecule has 1 aromatic rings. The Morgan fingerprint density at radius 3 is 2.72 bits per heavy atom. The normalized spacial score (nSPS) is 27.4. The number of rotatable bonds is 3. The Balaban J connectivity index is 2.06. The van der Waals surface area contributed by atoms with Crippen LogP contribution in [0.25, 0.3) is 0 Å². The third-order valence-corrected chi connectivity index (χ3v) is 4.50. The highest BCUT2D eigenvalue weighted by Crippen LogP contribution is 2.49. The average molecular weight is 243 g/mol. The average Bonchev–Trinajstić information content (AvgIpc) is 3.16. The van der Waals surface area contributed by atoms with E-state index in [-0.39, 0.29) is 5.54 Å². The second-order valence-electron chi connectivity index (χ2n) is 5.53. The summed E-state index contributed by atoms with van der Waals surface area (Å²) >= 11 is 0. The van der Waals surface area contributed by atoms with E-state index in [1.807, 2.05) is 0 Å². The van der Waals surface area contributed by atoms with Crippen molar-refractivity contribution < 1.29 is 0 Å². The number of hydrogen-bond acceptors (Lipinski definition) is 3. The van der Waals surface area contributed by atoms with Gasteiger partial charge in [0.15, 0.2) is 5.96 Å². The topological polar surface area (TPSA) is 41.6 Å². The van der Waals surface area contributed by atoms with Crippen LogP contribution in [0.3, 0.4) is 0 Å². The number of guanidine groups is 1. The summed E-state index contributed by atoms with van der Waals surface area (Å²) in [5.74, 6) is 1.45. The van der Waals surface area contributed by atoms with Crippen LogP contribution in [-0.4, -0.2) is 18.0 Å². The molecule has 2 N–H and O–H groups in total. The van der Waals surface area contributed by atoms with Crippen molar-refractivity contribution in [1.29, 1.82) is 0 Å². The van der Waals surface area contributed by atoms with Gasteiger partial charge in [-0.1, -0.05) is 25.1 Å². The van der Waals surface area contributed by atoms with Crippen molar-refractivity contribution in [2.75, 3.05) is 11.4 Å². The van der Waals surface area contributed by atoms with Crippen LogP contribution in [-0.2, 0) is 0 Å². The van der Waals surface area contributed by atoms with Crippen LogP contribution >= 0.6 is 0 Å². The van der Waals surface area contributed by atoms with E-state index in [0.717, 1.165) is 18.9 Å². The van der Waals surface area contributed by atoms with E-state index in [1.165, 1.54) is 24.1 Å². The third-order valence-electron chi connectivity index (χ3n) is 4.50. The van der Waals surface area contributed by atoms with E-state index in [0.29, 0.717) is 5.96 Å². The molecule has 1 heterocycles.